The predicted octanol–water partition coefficient (Wildman–Crippen LogP) is -0.119. The molecule has 1 N–H and O–H groups in total. The van der Waals surface area contributed by atoms with Crippen LogP contribution in [0.5, 0.6) is 0 Å². The van der Waals surface area contributed by atoms with Crippen molar-refractivity contribution in [2.24, 2.45) is 14.1 Å². The molecule has 6 nitrogen and oxygen atoms in total. The maximum atomic E-state index is 4.26. The third-order valence-electron chi connectivity index (χ3n) is 2.56. The summed E-state index contributed by atoms with van der Waals surface area (Å²) in [4.78, 5) is 4.26. The van der Waals surface area contributed by atoms with Crippen LogP contribution in [0.4, 0.5) is 0 Å². The van der Waals surface area contributed by atoms with Crippen LogP contribution < -0.4 is 5.32 Å². The average molecular weight is 220 g/mol. The van der Waals surface area contributed by atoms with Gasteiger partial charge in [0.25, 0.3) is 0 Å². The average Bonchev–Trinajstić information content (AvgIpc) is 2.84. The zero-order chi connectivity index (χ0) is 11.4. The number of hydrogen-bond donors (Lipinski definition) is 1. The van der Waals surface area contributed by atoms with E-state index in [1.54, 1.807) is 10.9 Å². The third kappa shape index (κ3) is 2.46. The number of imidazole rings is 1. The van der Waals surface area contributed by atoms with Crippen molar-refractivity contribution in [3.8, 4) is 0 Å². The number of rotatable bonds is 5. The number of hydrogen-bond acceptors (Lipinski definition) is 4. The van der Waals surface area contributed by atoms with Gasteiger partial charge < -0.3 is 9.88 Å². The van der Waals surface area contributed by atoms with E-state index in [1.807, 2.05) is 31.1 Å². The summed E-state index contributed by atoms with van der Waals surface area (Å²) in [6, 6.07) is 0. The molecule has 0 aromatic carbocycles. The van der Waals surface area contributed by atoms with E-state index in [0.29, 0.717) is 0 Å². The van der Waals surface area contributed by atoms with E-state index < -0.39 is 0 Å². The van der Waals surface area contributed by atoms with Gasteiger partial charge in [-0.1, -0.05) is 5.21 Å². The Morgan fingerprint density at radius 2 is 2.25 bits per heavy atom. The molecule has 0 fully saturated rings. The molecule has 0 saturated heterocycles. The topological polar surface area (TPSA) is 60.6 Å². The highest BCUT2D eigenvalue weighted by molar-refractivity contribution is 4.94. The maximum Gasteiger partial charge on any atom is 0.109 e. The lowest BCUT2D eigenvalue weighted by Gasteiger charge is -2.04. The molecule has 2 aromatic rings. The van der Waals surface area contributed by atoms with Crippen molar-refractivity contribution in [1.29, 1.82) is 0 Å². The molecule has 6 heteroatoms. The lowest BCUT2D eigenvalue weighted by molar-refractivity contribution is 0.606. The Morgan fingerprint density at radius 1 is 1.38 bits per heavy atom. The Balaban J connectivity index is 1.74. The van der Waals surface area contributed by atoms with Crippen molar-refractivity contribution in [2.45, 2.75) is 13.0 Å². The van der Waals surface area contributed by atoms with Crippen LogP contribution in [0.25, 0.3) is 0 Å². The number of aryl methyl sites for hydroxylation is 2. The summed E-state index contributed by atoms with van der Waals surface area (Å²) in [6.07, 6.45) is 6.48. The Kier molecular flexibility index (Phi) is 3.31. The van der Waals surface area contributed by atoms with E-state index in [9.17, 15) is 0 Å². The summed E-state index contributed by atoms with van der Waals surface area (Å²) >= 11 is 0. The van der Waals surface area contributed by atoms with Crippen molar-refractivity contribution in [2.75, 3.05) is 6.54 Å². The fraction of sp³-hybridized carbons (Fsp3) is 0.500. The summed E-state index contributed by atoms with van der Waals surface area (Å²) < 4.78 is 3.81. The quantitative estimate of drug-likeness (QED) is 0.714. The minimum absolute atomic E-state index is 0.786. The minimum atomic E-state index is 0.786. The fourth-order valence-corrected chi connectivity index (χ4v) is 1.53. The highest BCUT2D eigenvalue weighted by Crippen LogP contribution is 1.95. The van der Waals surface area contributed by atoms with Crippen LogP contribution in [0, 0.1) is 0 Å². The summed E-state index contributed by atoms with van der Waals surface area (Å²) in [5, 5.41) is 11.0. The van der Waals surface area contributed by atoms with E-state index in [4.69, 9.17) is 0 Å². The lowest BCUT2D eigenvalue weighted by atomic mass is 10.4. The monoisotopic (exact) mass is 220 g/mol. The Labute approximate surface area is 94.3 Å². The smallest absolute Gasteiger partial charge is 0.109 e. The summed E-state index contributed by atoms with van der Waals surface area (Å²) in [5.74, 6) is 1.09. The van der Waals surface area contributed by atoms with E-state index in [-0.39, 0.29) is 0 Å². The molecule has 0 saturated carbocycles. The normalized spacial score (nSPS) is 10.9. The third-order valence-corrected chi connectivity index (χ3v) is 2.56. The highest BCUT2D eigenvalue weighted by Gasteiger charge is 2.00. The first-order valence-electron chi connectivity index (χ1n) is 5.28. The molecule has 0 aliphatic heterocycles. The SMILES string of the molecule is Cn1ccnc1CCNCc1cnnn1C. The van der Waals surface area contributed by atoms with Gasteiger partial charge in [-0.25, -0.2) is 4.98 Å². The van der Waals surface area contributed by atoms with Crippen LogP contribution in [0.2, 0.25) is 0 Å². The predicted molar refractivity (Wildman–Crippen MR) is 59.6 cm³/mol. The van der Waals surface area contributed by atoms with Crippen molar-refractivity contribution in [1.82, 2.24) is 29.9 Å². The molecular formula is C10H16N6. The van der Waals surface area contributed by atoms with Gasteiger partial charge in [0.15, 0.2) is 0 Å². The van der Waals surface area contributed by atoms with Crippen molar-refractivity contribution >= 4 is 0 Å². The molecule has 16 heavy (non-hydrogen) atoms. The Hall–Kier alpha value is -1.69. The van der Waals surface area contributed by atoms with Crippen LogP contribution in [0.1, 0.15) is 11.5 Å². The number of aromatic nitrogens is 5. The molecule has 0 radical (unpaired) electrons. The maximum absolute atomic E-state index is 4.26. The second kappa shape index (κ2) is 4.89. The van der Waals surface area contributed by atoms with Gasteiger partial charge in [0.1, 0.15) is 5.82 Å². The van der Waals surface area contributed by atoms with Crippen molar-refractivity contribution < 1.29 is 0 Å². The molecule has 0 bridgehead atoms. The number of nitrogens with zero attached hydrogens (tertiary/aromatic N) is 5. The first-order chi connectivity index (χ1) is 7.77. The second-order valence-corrected chi connectivity index (χ2v) is 3.73. The fourth-order valence-electron chi connectivity index (χ4n) is 1.53. The van der Waals surface area contributed by atoms with Gasteiger partial charge in [-0.3, -0.25) is 4.68 Å². The van der Waals surface area contributed by atoms with Crippen LogP contribution in [-0.4, -0.2) is 31.1 Å². The van der Waals surface area contributed by atoms with Crippen LogP contribution in [0.15, 0.2) is 18.6 Å². The first-order valence-corrected chi connectivity index (χ1v) is 5.28. The Morgan fingerprint density at radius 3 is 2.88 bits per heavy atom. The van der Waals surface area contributed by atoms with E-state index in [2.05, 4.69) is 20.6 Å². The van der Waals surface area contributed by atoms with Crippen LogP contribution in [-0.2, 0) is 27.1 Å². The molecule has 0 unspecified atom stereocenters. The molecule has 0 aliphatic carbocycles. The minimum Gasteiger partial charge on any atom is -0.338 e. The molecular weight excluding hydrogens is 204 g/mol. The van der Waals surface area contributed by atoms with Crippen LogP contribution in [0.3, 0.4) is 0 Å². The molecule has 2 aromatic heterocycles. The lowest BCUT2D eigenvalue weighted by Crippen LogP contribution is -2.19. The van der Waals surface area contributed by atoms with Gasteiger partial charge in [-0.2, -0.15) is 0 Å². The molecule has 2 rings (SSSR count). The molecule has 0 aliphatic rings. The van der Waals surface area contributed by atoms with Gasteiger partial charge in [0.05, 0.1) is 11.9 Å². The van der Waals surface area contributed by atoms with Gasteiger partial charge in [0.2, 0.25) is 0 Å². The molecule has 2 heterocycles. The molecule has 0 spiro atoms. The van der Waals surface area contributed by atoms with Crippen molar-refractivity contribution in [3.63, 3.8) is 0 Å². The molecule has 0 amide bonds. The molecule has 0 atom stereocenters. The van der Waals surface area contributed by atoms with E-state index >= 15 is 0 Å². The van der Waals surface area contributed by atoms with Crippen LogP contribution >= 0.6 is 0 Å². The first kappa shape index (κ1) is 10.8. The van der Waals surface area contributed by atoms with Crippen molar-refractivity contribution in [3.05, 3.63) is 30.1 Å². The van der Waals surface area contributed by atoms with Gasteiger partial charge in [0, 0.05) is 46.0 Å². The van der Waals surface area contributed by atoms with E-state index in [0.717, 1.165) is 31.0 Å². The molecule has 86 valence electrons. The zero-order valence-electron chi connectivity index (χ0n) is 9.59. The highest BCUT2D eigenvalue weighted by atomic mass is 15.4. The largest absolute Gasteiger partial charge is 0.338 e. The van der Waals surface area contributed by atoms with Gasteiger partial charge >= 0.3 is 0 Å². The summed E-state index contributed by atoms with van der Waals surface area (Å²) in [7, 11) is 3.90. The Bertz CT molecular complexity index is 401. The second-order valence-electron chi connectivity index (χ2n) is 3.73. The van der Waals surface area contributed by atoms with Gasteiger partial charge in [-0.15, -0.1) is 5.10 Å². The summed E-state index contributed by atoms with van der Waals surface area (Å²) in [5.41, 5.74) is 1.08. The standard InChI is InChI=1S/C10H16N6/c1-15-6-5-12-10(15)3-4-11-7-9-8-13-14-16(9)2/h5-6,8,11H,3-4,7H2,1-2H3. The summed E-state index contributed by atoms with van der Waals surface area (Å²) in [6.45, 7) is 1.68. The zero-order valence-corrected chi connectivity index (χ0v) is 9.59. The van der Waals surface area contributed by atoms with Gasteiger partial charge in [-0.05, 0) is 0 Å². The van der Waals surface area contributed by atoms with E-state index in [1.165, 1.54) is 0 Å². The number of nitrogens with one attached hydrogen (secondary N) is 1.